The number of aliphatic hydroxyl groups excluding tert-OH is 1. The van der Waals surface area contributed by atoms with Gasteiger partial charge < -0.3 is 15.3 Å². The van der Waals surface area contributed by atoms with Crippen LogP contribution in [0.15, 0.2) is 18.2 Å². The molecule has 5 nitrogen and oxygen atoms in total. The molecule has 1 aliphatic rings. The second kappa shape index (κ2) is 7.11. The van der Waals surface area contributed by atoms with E-state index in [-0.39, 0.29) is 5.92 Å². The summed E-state index contributed by atoms with van der Waals surface area (Å²) in [5.74, 6) is -1.18. The molecule has 1 aromatic rings. The van der Waals surface area contributed by atoms with E-state index in [0.29, 0.717) is 23.8 Å². The van der Waals surface area contributed by atoms with Crippen LogP contribution in [0.3, 0.4) is 0 Å². The van der Waals surface area contributed by atoms with Gasteiger partial charge in [-0.2, -0.15) is 0 Å². The number of aliphatic hydroxyl groups is 1. The Kier molecular flexibility index (Phi) is 5.42. The van der Waals surface area contributed by atoms with E-state index in [1.165, 1.54) is 4.90 Å². The topological polar surface area (TPSA) is 69.6 Å². The Balaban J connectivity index is 2.01. The highest BCUT2D eigenvalue weighted by molar-refractivity contribution is 6.39. The van der Waals surface area contributed by atoms with E-state index in [9.17, 15) is 14.7 Å². The maximum Gasteiger partial charge on any atom is 0.313 e. The Hall–Kier alpha value is -1.59. The second-order valence-corrected chi connectivity index (χ2v) is 6.24. The maximum atomic E-state index is 12.3. The van der Waals surface area contributed by atoms with Crippen molar-refractivity contribution in [3.63, 3.8) is 0 Å². The summed E-state index contributed by atoms with van der Waals surface area (Å²) in [5, 5.41) is 12.9. The van der Waals surface area contributed by atoms with E-state index < -0.39 is 17.9 Å². The first-order valence-corrected chi connectivity index (χ1v) is 7.80. The van der Waals surface area contributed by atoms with Crippen molar-refractivity contribution in [3.8, 4) is 0 Å². The summed E-state index contributed by atoms with van der Waals surface area (Å²) in [6, 6.07) is 5.07. The minimum Gasteiger partial charge on any atom is -0.393 e. The number of likely N-dealkylation sites (tertiary alicyclic amines) is 1. The van der Waals surface area contributed by atoms with Gasteiger partial charge in [-0.3, -0.25) is 9.59 Å². The van der Waals surface area contributed by atoms with Gasteiger partial charge in [0, 0.05) is 29.7 Å². The average Bonchev–Trinajstić information content (AvgIpc) is 2.49. The number of carbonyl (C=O) groups excluding carboxylic acids is 2. The molecule has 22 heavy (non-hydrogen) atoms. The molecule has 0 aliphatic carbocycles. The quantitative estimate of drug-likeness (QED) is 0.819. The summed E-state index contributed by atoms with van der Waals surface area (Å²) in [4.78, 5) is 25.9. The number of rotatable bonds is 2. The number of hydrogen-bond donors (Lipinski definition) is 2. The number of halogens is 1. The highest BCUT2D eigenvalue weighted by Gasteiger charge is 2.29. The van der Waals surface area contributed by atoms with Crippen molar-refractivity contribution in [3.05, 3.63) is 28.8 Å². The van der Waals surface area contributed by atoms with Gasteiger partial charge in [-0.15, -0.1) is 0 Å². The zero-order valence-electron chi connectivity index (χ0n) is 12.8. The number of carbonyl (C=O) groups is 2. The third kappa shape index (κ3) is 3.99. The van der Waals surface area contributed by atoms with Crippen molar-refractivity contribution in [2.45, 2.75) is 32.8 Å². The predicted octanol–water partition coefficient (Wildman–Crippen LogP) is 2.21. The van der Waals surface area contributed by atoms with Crippen molar-refractivity contribution >= 4 is 29.1 Å². The maximum absolute atomic E-state index is 12.3. The minimum absolute atomic E-state index is 0.0303. The standard InChI is InChI=1S/C16H21ClN2O3/c1-10-8-13(17)5-6-14(10)18-15(21)16(22)19-7-3-4-12(9-19)11(2)20/h5-6,8,11-12,20H,3-4,7,9H2,1-2H3,(H,18,21). The zero-order valence-corrected chi connectivity index (χ0v) is 13.6. The van der Waals surface area contributed by atoms with Crippen LogP contribution in [0.5, 0.6) is 0 Å². The number of benzene rings is 1. The number of nitrogens with one attached hydrogen (secondary N) is 1. The van der Waals surface area contributed by atoms with Gasteiger partial charge in [0.15, 0.2) is 0 Å². The lowest BCUT2D eigenvalue weighted by Gasteiger charge is -2.33. The van der Waals surface area contributed by atoms with Gasteiger partial charge in [0.1, 0.15) is 0 Å². The lowest BCUT2D eigenvalue weighted by Crippen LogP contribution is -2.47. The van der Waals surface area contributed by atoms with Crippen LogP contribution in [0, 0.1) is 12.8 Å². The largest absolute Gasteiger partial charge is 0.393 e. The van der Waals surface area contributed by atoms with Gasteiger partial charge in [-0.05, 0) is 50.5 Å². The third-order valence-electron chi connectivity index (χ3n) is 4.06. The Morgan fingerprint density at radius 2 is 2.18 bits per heavy atom. The molecule has 2 amide bonds. The highest BCUT2D eigenvalue weighted by Crippen LogP contribution is 2.21. The van der Waals surface area contributed by atoms with Crippen LogP contribution in [0.2, 0.25) is 5.02 Å². The number of piperidine rings is 1. The molecule has 1 aliphatic heterocycles. The second-order valence-electron chi connectivity index (χ2n) is 5.81. The van der Waals surface area contributed by atoms with Crippen LogP contribution >= 0.6 is 11.6 Å². The van der Waals surface area contributed by atoms with Crippen LogP contribution in [-0.2, 0) is 9.59 Å². The monoisotopic (exact) mass is 324 g/mol. The molecular weight excluding hydrogens is 304 g/mol. The van der Waals surface area contributed by atoms with E-state index in [1.54, 1.807) is 25.1 Å². The first-order chi connectivity index (χ1) is 10.4. The molecule has 1 saturated heterocycles. The molecule has 120 valence electrons. The highest BCUT2D eigenvalue weighted by atomic mass is 35.5. The van der Waals surface area contributed by atoms with E-state index >= 15 is 0 Å². The molecule has 0 bridgehead atoms. The summed E-state index contributed by atoms with van der Waals surface area (Å²) in [6.45, 7) is 4.50. The molecule has 2 rings (SSSR count). The van der Waals surface area contributed by atoms with Crippen LogP contribution in [0.1, 0.15) is 25.3 Å². The molecule has 0 spiro atoms. The first kappa shape index (κ1) is 16.8. The smallest absolute Gasteiger partial charge is 0.313 e. The lowest BCUT2D eigenvalue weighted by atomic mass is 9.93. The number of anilines is 1. The fourth-order valence-corrected chi connectivity index (χ4v) is 2.90. The lowest BCUT2D eigenvalue weighted by molar-refractivity contribution is -0.144. The molecule has 2 unspecified atom stereocenters. The minimum atomic E-state index is -0.656. The molecule has 0 saturated carbocycles. The normalized spacial score (nSPS) is 19.6. The molecule has 1 aromatic carbocycles. The van der Waals surface area contributed by atoms with E-state index in [2.05, 4.69) is 5.32 Å². The summed E-state index contributed by atoms with van der Waals surface area (Å²) in [6.07, 6.45) is 1.20. The molecule has 2 N–H and O–H groups in total. The predicted molar refractivity (Wildman–Crippen MR) is 85.8 cm³/mol. The number of nitrogens with zero attached hydrogens (tertiary/aromatic N) is 1. The summed E-state index contributed by atoms with van der Waals surface area (Å²) in [5.41, 5.74) is 1.38. The van der Waals surface area contributed by atoms with Crippen LogP contribution in [-0.4, -0.2) is 41.0 Å². The molecule has 2 atom stereocenters. The van der Waals surface area contributed by atoms with E-state index in [1.807, 2.05) is 6.92 Å². The van der Waals surface area contributed by atoms with Crippen LogP contribution < -0.4 is 5.32 Å². The molecule has 1 heterocycles. The number of hydrogen-bond acceptors (Lipinski definition) is 3. The number of aryl methyl sites for hydroxylation is 1. The molecule has 0 aromatic heterocycles. The fourth-order valence-electron chi connectivity index (χ4n) is 2.67. The third-order valence-corrected chi connectivity index (χ3v) is 4.29. The zero-order chi connectivity index (χ0) is 16.3. The van der Waals surface area contributed by atoms with Gasteiger partial charge in [0.2, 0.25) is 0 Å². The van der Waals surface area contributed by atoms with Gasteiger partial charge >= 0.3 is 11.8 Å². The fraction of sp³-hybridized carbons (Fsp3) is 0.500. The summed E-state index contributed by atoms with van der Waals surface area (Å²) < 4.78 is 0. The summed E-state index contributed by atoms with van der Waals surface area (Å²) in [7, 11) is 0. The van der Waals surface area contributed by atoms with Crippen molar-refractivity contribution in [2.75, 3.05) is 18.4 Å². The average molecular weight is 325 g/mol. The van der Waals surface area contributed by atoms with Gasteiger partial charge in [0.05, 0.1) is 6.10 Å². The Morgan fingerprint density at radius 1 is 1.45 bits per heavy atom. The van der Waals surface area contributed by atoms with Crippen LogP contribution in [0.4, 0.5) is 5.69 Å². The Bertz CT molecular complexity index is 575. The Morgan fingerprint density at radius 3 is 2.82 bits per heavy atom. The van der Waals surface area contributed by atoms with Gasteiger partial charge in [-0.1, -0.05) is 11.6 Å². The number of amides is 2. The summed E-state index contributed by atoms with van der Waals surface area (Å²) >= 11 is 5.87. The van der Waals surface area contributed by atoms with Gasteiger partial charge in [0.25, 0.3) is 0 Å². The SMILES string of the molecule is Cc1cc(Cl)ccc1NC(=O)C(=O)N1CCCC(C(C)O)C1. The molecule has 0 radical (unpaired) electrons. The van der Waals surface area contributed by atoms with Crippen molar-refractivity contribution < 1.29 is 14.7 Å². The molecular formula is C16H21ClN2O3. The van der Waals surface area contributed by atoms with Crippen LogP contribution in [0.25, 0.3) is 0 Å². The first-order valence-electron chi connectivity index (χ1n) is 7.43. The van der Waals surface area contributed by atoms with Crippen molar-refractivity contribution in [1.82, 2.24) is 4.90 Å². The van der Waals surface area contributed by atoms with Gasteiger partial charge in [-0.25, -0.2) is 0 Å². The van der Waals surface area contributed by atoms with E-state index in [0.717, 1.165) is 18.4 Å². The molecule has 1 fully saturated rings. The van der Waals surface area contributed by atoms with Crippen molar-refractivity contribution in [2.24, 2.45) is 5.92 Å². The van der Waals surface area contributed by atoms with Crippen molar-refractivity contribution in [1.29, 1.82) is 0 Å². The van der Waals surface area contributed by atoms with E-state index in [4.69, 9.17) is 11.6 Å². The Labute approximate surface area is 135 Å². The molecule has 6 heteroatoms.